The summed E-state index contributed by atoms with van der Waals surface area (Å²) in [6.07, 6.45) is 3.59. The van der Waals surface area contributed by atoms with Gasteiger partial charge in [0.25, 0.3) is 0 Å². The molecule has 0 amide bonds. The Morgan fingerprint density at radius 2 is 1.55 bits per heavy atom. The molecule has 3 heterocycles. The number of anilines is 1. The third-order valence-corrected chi connectivity index (χ3v) is 6.54. The molecular formula is C26H28N6S. The van der Waals surface area contributed by atoms with E-state index < -0.39 is 0 Å². The van der Waals surface area contributed by atoms with Gasteiger partial charge in [0.05, 0.1) is 6.67 Å². The molecule has 1 aliphatic heterocycles. The highest BCUT2D eigenvalue weighted by atomic mass is 32.1. The highest BCUT2D eigenvalue weighted by molar-refractivity contribution is 7.71. The van der Waals surface area contributed by atoms with Gasteiger partial charge in [-0.3, -0.25) is 14.5 Å². The lowest BCUT2D eigenvalue weighted by molar-refractivity contribution is 0.194. The van der Waals surface area contributed by atoms with Gasteiger partial charge in [-0.1, -0.05) is 29.8 Å². The first-order valence-electron chi connectivity index (χ1n) is 11.3. The van der Waals surface area contributed by atoms with Crippen LogP contribution in [-0.2, 0) is 6.67 Å². The third-order valence-electron chi connectivity index (χ3n) is 6.14. The van der Waals surface area contributed by atoms with Crippen LogP contribution in [0.2, 0.25) is 0 Å². The summed E-state index contributed by atoms with van der Waals surface area (Å²) in [6, 6.07) is 21.1. The summed E-state index contributed by atoms with van der Waals surface area (Å²) in [5.41, 5.74) is 5.84. The van der Waals surface area contributed by atoms with E-state index >= 15 is 0 Å². The van der Waals surface area contributed by atoms with Gasteiger partial charge in [0, 0.05) is 55.5 Å². The first kappa shape index (κ1) is 21.6. The Bertz CT molecular complexity index is 1280. The maximum atomic E-state index is 5.92. The average molecular weight is 457 g/mol. The van der Waals surface area contributed by atoms with Crippen LogP contribution in [0, 0.1) is 18.6 Å². The van der Waals surface area contributed by atoms with Crippen LogP contribution in [0.5, 0.6) is 0 Å². The van der Waals surface area contributed by atoms with Gasteiger partial charge >= 0.3 is 0 Å². The summed E-state index contributed by atoms with van der Waals surface area (Å²) in [4.78, 5) is 9.04. The second kappa shape index (κ2) is 9.29. The molecule has 0 aliphatic carbocycles. The van der Waals surface area contributed by atoms with E-state index in [2.05, 4.69) is 81.7 Å². The zero-order valence-electron chi connectivity index (χ0n) is 19.1. The lowest BCUT2D eigenvalue weighted by Gasteiger charge is -2.36. The molecule has 2 aromatic carbocycles. The Balaban J connectivity index is 1.40. The van der Waals surface area contributed by atoms with Crippen LogP contribution in [0.15, 0.2) is 73.1 Å². The number of hydrogen-bond acceptors (Lipinski definition) is 5. The molecule has 0 unspecified atom stereocenters. The van der Waals surface area contributed by atoms with Crippen molar-refractivity contribution in [2.24, 2.45) is 0 Å². The minimum absolute atomic E-state index is 0.678. The van der Waals surface area contributed by atoms with Crippen molar-refractivity contribution < 1.29 is 0 Å². The van der Waals surface area contributed by atoms with Gasteiger partial charge in [0.1, 0.15) is 0 Å². The molecule has 0 radical (unpaired) electrons. The van der Waals surface area contributed by atoms with Crippen LogP contribution in [0.25, 0.3) is 17.1 Å². The fraction of sp³-hybridized carbons (Fsp3) is 0.269. The van der Waals surface area contributed by atoms with Crippen LogP contribution in [-0.4, -0.2) is 50.4 Å². The van der Waals surface area contributed by atoms with Crippen molar-refractivity contribution in [3.05, 3.63) is 89.0 Å². The highest BCUT2D eigenvalue weighted by Gasteiger charge is 2.20. The van der Waals surface area contributed by atoms with Gasteiger partial charge in [-0.2, -0.15) is 0 Å². The summed E-state index contributed by atoms with van der Waals surface area (Å²) < 4.78 is 4.71. The molecule has 1 fully saturated rings. The standard InChI is InChI=1S/C26H28N6S/c1-20-6-8-23(9-7-20)32-25(22-10-12-27-13-11-22)28-31(26(32)33)19-29-14-16-30(17-15-29)24-5-3-4-21(2)18-24/h3-13,18H,14-17,19H2,1-2H3. The van der Waals surface area contributed by atoms with Crippen LogP contribution in [0.3, 0.4) is 0 Å². The van der Waals surface area contributed by atoms with Gasteiger partial charge in [0.2, 0.25) is 4.77 Å². The van der Waals surface area contributed by atoms with E-state index in [1.54, 1.807) is 12.4 Å². The number of pyridine rings is 1. The molecule has 2 aromatic heterocycles. The van der Waals surface area contributed by atoms with E-state index in [4.69, 9.17) is 17.3 Å². The van der Waals surface area contributed by atoms with Gasteiger partial charge in [-0.15, -0.1) is 5.10 Å². The molecule has 6 nitrogen and oxygen atoms in total. The predicted molar refractivity (Wildman–Crippen MR) is 135 cm³/mol. The highest BCUT2D eigenvalue weighted by Crippen LogP contribution is 2.23. The lowest BCUT2D eigenvalue weighted by Crippen LogP contribution is -2.47. The second-order valence-electron chi connectivity index (χ2n) is 8.60. The van der Waals surface area contributed by atoms with Crippen LogP contribution >= 0.6 is 12.2 Å². The molecule has 1 saturated heterocycles. The van der Waals surface area contributed by atoms with E-state index in [1.165, 1.54) is 16.8 Å². The van der Waals surface area contributed by atoms with Gasteiger partial charge in [-0.25, -0.2) is 4.68 Å². The topological polar surface area (TPSA) is 42.1 Å². The van der Waals surface area contributed by atoms with Crippen molar-refractivity contribution in [2.75, 3.05) is 31.1 Å². The van der Waals surface area contributed by atoms with Crippen LogP contribution in [0.4, 0.5) is 5.69 Å². The number of rotatable bonds is 5. The summed E-state index contributed by atoms with van der Waals surface area (Å²) in [5.74, 6) is 0.838. The summed E-state index contributed by atoms with van der Waals surface area (Å²) in [6.45, 7) is 8.84. The predicted octanol–water partition coefficient (Wildman–Crippen LogP) is 4.86. The number of nitrogens with zero attached hydrogens (tertiary/aromatic N) is 6. The van der Waals surface area contributed by atoms with Gasteiger partial charge < -0.3 is 4.90 Å². The minimum Gasteiger partial charge on any atom is -0.369 e. The molecule has 7 heteroatoms. The monoisotopic (exact) mass is 456 g/mol. The van der Waals surface area contributed by atoms with Crippen molar-refractivity contribution in [3.8, 4) is 17.1 Å². The molecule has 168 valence electrons. The number of aromatic nitrogens is 4. The summed E-state index contributed by atoms with van der Waals surface area (Å²) >= 11 is 5.92. The Labute approximate surface area is 199 Å². The number of hydrogen-bond donors (Lipinski definition) is 0. The zero-order valence-corrected chi connectivity index (χ0v) is 19.9. The molecule has 0 spiro atoms. The number of benzene rings is 2. The van der Waals surface area contributed by atoms with E-state index in [-0.39, 0.29) is 0 Å². The van der Waals surface area contributed by atoms with Crippen molar-refractivity contribution in [3.63, 3.8) is 0 Å². The van der Waals surface area contributed by atoms with Gasteiger partial charge in [0.15, 0.2) is 5.82 Å². The van der Waals surface area contributed by atoms with Crippen LogP contribution < -0.4 is 4.90 Å². The molecule has 4 aromatic rings. The third kappa shape index (κ3) is 4.60. The van der Waals surface area contributed by atoms with E-state index in [9.17, 15) is 0 Å². The average Bonchev–Trinajstić information content (AvgIpc) is 3.16. The molecule has 1 aliphatic rings. The van der Waals surface area contributed by atoms with Crippen LogP contribution in [0.1, 0.15) is 11.1 Å². The van der Waals surface area contributed by atoms with E-state index in [1.807, 2.05) is 16.8 Å². The van der Waals surface area contributed by atoms with Gasteiger partial charge in [-0.05, 0) is 68.0 Å². The minimum atomic E-state index is 0.678. The maximum Gasteiger partial charge on any atom is 0.204 e. The first-order valence-corrected chi connectivity index (χ1v) is 11.7. The largest absolute Gasteiger partial charge is 0.369 e. The van der Waals surface area contributed by atoms with Crippen molar-refractivity contribution in [1.29, 1.82) is 0 Å². The summed E-state index contributed by atoms with van der Waals surface area (Å²) in [5, 5.41) is 4.95. The van der Waals surface area contributed by atoms with Crippen molar-refractivity contribution in [2.45, 2.75) is 20.5 Å². The molecule has 5 rings (SSSR count). The molecule has 0 N–H and O–H groups in total. The molecule has 0 bridgehead atoms. The van der Waals surface area contributed by atoms with E-state index in [0.717, 1.165) is 43.3 Å². The maximum absolute atomic E-state index is 5.92. The lowest BCUT2D eigenvalue weighted by atomic mass is 10.2. The molecule has 0 atom stereocenters. The Morgan fingerprint density at radius 3 is 2.24 bits per heavy atom. The second-order valence-corrected chi connectivity index (χ2v) is 8.96. The molecule has 33 heavy (non-hydrogen) atoms. The SMILES string of the molecule is Cc1ccc(-n2c(-c3ccncc3)nn(CN3CCN(c4cccc(C)c4)CC3)c2=S)cc1. The normalized spacial score (nSPS) is 14.5. The smallest absolute Gasteiger partial charge is 0.204 e. The number of piperazine rings is 1. The fourth-order valence-electron chi connectivity index (χ4n) is 4.28. The van der Waals surface area contributed by atoms with Crippen molar-refractivity contribution >= 4 is 17.9 Å². The molecular weight excluding hydrogens is 428 g/mol. The summed E-state index contributed by atoms with van der Waals surface area (Å²) in [7, 11) is 0. The number of aryl methyl sites for hydroxylation is 2. The quantitative estimate of drug-likeness (QED) is 0.401. The zero-order chi connectivity index (χ0) is 22.8. The van der Waals surface area contributed by atoms with E-state index in [0.29, 0.717) is 11.4 Å². The fourth-order valence-corrected chi connectivity index (χ4v) is 4.57. The Kier molecular flexibility index (Phi) is 6.07. The van der Waals surface area contributed by atoms with Crippen molar-refractivity contribution in [1.82, 2.24) is 24.2 Å². The Hall–Kier alpha value is -3.29. The molecule has 0 saturated carbocycles. The first-order chi connectivity index (χ1) is 16.1. The Morgan fingerprint density at radius 1 is 0.818 bits per heavy atom.